The van der Waals surface area contributed by atoms with E-state index in [1.165, 1.54) is 6.92 Å². The van der Waals surface area contributed by atoms with Gasteiger partial charge in [0, 0.05) is 0 Å². The molecule has 0 fully saturated rings. The molecule has 2 aromatic rings. The highest BCUT2D eigenvalue weighted by atomic mass is 16.5. The molecule has 104 valence electrons. The van der Waals surface area contributed by atoms with E-state index in [0.29, 0.717) is 17.9 Å². The maximum Gasteiger partial charge on any atom is 0.328 e. The van der Waals surface area contributed by atoms with E-state index in [0.717, 1.165) is 5.56 Å². The number of ether oxygens (including phenoxy) is 1. The van der Waals surface area contributed by atoms with Crippen LogP contribution >= 0.6 is 0 Å². The van der Waals surface area contributed by atoms with Crippen molar-refractivity contribution in [3.63, 3.8) is 0 Å². The smallest absolute Gasteiger partial charge is 0.328 e. The minimum Gasteiger partial charge on any atom is -0.489 e. The molecular formula is C16H17NO3. The Labute approximate surface area is 117 Å². The van der Waals surface area contributed by atoms with Crippen molar-refractivity contribution in [3.8, 4) is 5.75 Å². The van der Waals surface area contributed by atoms with Crippen LogP contribution in [0.15, 0.2) is 54.6 Å². The summed E-state index contributed by atoms with van der Waals surface area (Å²) in [7, 11) is 0. The van der Waals surface area contributed by atoms with Crippen molar-refractivity contribution < 1.29 is 14.6 Å². The first-order chi connectivity index (χ1) is 9.50. The van der Waals surface area contributed by atoms with Gasteiger partial charge in [-0.3, -0.25) is 0 Å². The Morgan fingerprint density at radius 1 is 1.15 bits per heavy atom. The predicted molar refractivity (Wildman–Crippen MR) is 76.4 cm³/mol. The predicted octanol–water partition coefficient (Wildman–Crippen LogP) is 2.52. The molecule has 0 aliphatic heterocycles. The minimum atomic E-state index is -1.39. The van der Waals surface area contributed by atoms with E-state index in [-0.39, 0.29) is 0 Å². The molecule has 2 aromatic carbocycles. The number of hydrogen-bond acceptors (Lipinski definition) is 3. The van der Waals surface area contributed by atoms with Crippen molar-refractivity contribution in [3.05, 3.63) is 65.7 Å². The summed E-state index contributed by atoms with van der Waals surface area (Å²) in [5, 5.41) is 9.06. The van der Waals surface area contributed by atoms with Gasteiger partial charge >= 0.3 is 5.97 Å². The van der Waals surface area contributed by atoms with Gasteiger partial charge in [-0.25, -0.2) is 4.79 Å². The van der Waals surface area contributed by atoms with Crippen LogP contribution in [-0.2, 0) is 16.9 Å². The standard InChI is InChI=1S/C16H17NO3/c1-16(17,15(18)19)13-7-9-14(10-8-13)20-11-12-5-3-2-4-6-12/h2-10H,11,17H2,1H3,(H,18,19)/t16-/m1/s1. The molecular weight excluding hydrogens is 254 g/mol. The number of carboxylic acids is 1. The van der Waals surface area contributed by atoms with Gasteiger partial charge in [0.1, 0.15) is 17.9 Å². The van der Waals surface area contributed by atoms with Crippen molar-refractivity contribution in [2.24, 2.45) is 5.73 Å². The van der Waals surface area contributed by atoms with E-state index in [9.17, 15) is 4.79 Å². The van der Waals surface area contributed by atoms with Gasteiger partial charge in [-0.15, -0.1) is 0 Å². The SMILES string of the molecule is C[C@](N)(C(=O)O)c1ccc(OCc2ccccc2)cc1. The Morgan fingerprint density at radius 2 is 1.75 bits per heavy atom. The summed E-state index contributed by atoms with van der Waals surface area (Å²) < 4.78 is 5.63. The second-order valence-electron chi connectivity index (χ2n) is 4.81. The molecule has 0 saturated carbocycles. The number of nitrogens with two attached hydrogens (primary N) is 1. The normalized spacial score (nSPS) is 13.5. The first-order valence-electron chi connectivity index (χ1n) is 6.29. The molecule has 0 unspecified atom stereocenters. The number of benzene rings is 2. The molecule has 20 heavy (non-hydrogen) atoms. The topological polar surface area (TPSA) is 72.6 Å². The van der Waals surface area contributed by atoms with Gasteiger partial charge < -0.3 is 15.6 Å². The van der Waals surface area contributed by atoms with E-state index in [4.69, 9.17) is 15.6 Å². The van der Waals surface area contributed by atoms with E-state index in [1.54, 1.807) is 24.3 Å². The maximum atomic E-state index is 11.1. The molecule has 0 heterocycles. The second-order valence-corrected chi connectivity index (χ2v) is 4.81. The Morgan fingerprint density at radius 3 is 2.30 bits per heavy atom. The molecule has 0 aliphatic rings. The van der Waals surface area contributed by atoms with Crippen LogP contribution in [0.5, 0.6) is 5.75 Å². The summed E-state index contributed by atoms with van der Waals surface area (Å²) >= 11 is 0. The van der Waals surface area contributed by atoms with Crippen molar-refractivity contribution in [1.29, 1.82) is 0 Å². The molecule has 2 rings (SSSR count). The van der Waals surface area contributed by atoms with Gasteiger partial charge in [0.05, 0.1) is 0 Å². The summed E-state index contributed by atoms with van der Waals surface area (Å²) in [4.78, 5) is 11.1. The molecule has 3 N–H and O–H groups in total. The zero-order chi connectivity index (χ0) is 14.6. The van der Waals surface area contributed by atoms with Crippen LogP contribution < -0.4 is 10.5 Å². The molecule has 0 saturated heterocycles. The summed E-state index contributed by atoms with van der Waals surface area (Å²) in [6.07, 6.45) is 0. The maximum absolute atomic E-state index is 11.1. The van der Waals surface area contributed by atoms with Crippen LogP contribution in [0.25, 0.3) is 0 Å². The third kappa shape index (κ3) is 3.16. The Bertz CT molecular complexity index is 576. The molecule has 0 bridgehead atoms. The Hall–Kier alpha value is -2.33. The van der Waals surface area contributed by atoms with Crippen LogP contribution in [0.3, 0.4) is 0 Å². The highest BCUT2D eigenvalue weighted by molar-refractivity contribution is 5.79. The van der Waals surface area contributed by atoms with Crippen molar-refractivity contribution in [2.45, 2.75) is 19.1 Å². The van der Waals surface area contributed by atoms with Crippen molar-refractivity contribution in [1.82, 2.24) is 0 Å². The van der Waals surface area contributed by atoms with Gasteiger partial charge in [0.25, 0.3) is 0 Å². The van der Waals surface area contributed by atoms with Crippen LogP contribution in [-0.4, -0.2) is 11.1 Å². The average molecular weight is 271 g/mol. The summed E-state index contributed by atoms with van der Waals surface area (Å²) in [6.45, 7) is 1.94. The van der Waals surface area contributed by atoms with Crippen LogP contribution in [0.1, 0.15) is 18.1 Å². The monoisotopic (exact) mass is 271 g/mol. The lowest BCUT2D eigenvalue weighted by Crippen LogP contribution is -2.41. The lowest BCUT2D eigenvalue weighted by molar-refractivity contribution is -0.143. The van der Waals surface area contributed by atoms with Crippen molar-refractivity contribution in [2.75, 3.05) is 0 Å². The third-order valence-corrected chi connectivity index (χ3v) is 3.15. The van der Waals surface area contributed by atoms with Crippen molar-refractivity contribution >= 4 is 5.97 Å². The van der Waals surface area contributed by atoms with E-state index < -0.39 is 11.5 Å². The summed E-state index contributed by atoms with van der Waals surface area (Å²) in [5.41, 5.74) is 5.98. The highest BCUT2D eigenvalue weighted by Gasteiger charge is 2.29. The van der Waals surface area contributed by atoms with E-state index in [2.05, 4.69) is 0 Å². The molecule has 0 aromatic heterocycles. The Kier molecular flexibility index (Phi) is 4.05. The quantitative estimate of drug-likeness (QED) is 0.876. The van der Waals surface area contributed by atoms with Gasteiger partial charge in [0.2, 0.25) is 0 Å². The lowest BCUT2D eigenvalue weighted by Gasteiger charge is -2.19. The lowest BCUT2D eigenvalue weighted by atomic mass is 9.93. The number of aliphatic carboxylic acids is 1. The molecule has 4 heteroatoms. The Balaban J connectivity index is 2.04. The molecule has 0 aliphatic carbocycles. The number of rotatable bonds is 5. The molecule has 4 nitrogen and oxygen atoms in total. The fourth-order valence-corrected chi connectivity index (χ4v) is 1.76. The number of carbonyl (C=O) groups is 1. The fraction of sp³-hybridized carbons (Fsp3) is 0.188. The summed E-state index contributed by atoms with van der Waals surface area (Å²) in [5.74, 6) is -0.380. The second kappa shape index (κ2) is 5.75. The minimum absolute atomic E-state index is 0.471. The van der Waals surface area contributed by atoms with E-state index in [1.807, 2.05) is 30.3 Å². The summed E-state index contributed by atoms with van der Waals surface area (Å²) in [6, 6.07) is 16.6. The third-order valence-electron chi connectivity index (χ3n) is 3.15. The molecule has 0 spiro atoms. The average Bonchev–Trinajstić information content (AvgIpc) is 2.46. The van der Waals surface area contributed by atoms with Crippen LogP contribution in [0, 0.1) is 0 Å². The molecule has 0 radical (unpaired) electrons. The zero-order valence-corrected chi connectivity index (χ0v) is 11.2. The van der Waals surface area contributed by atoms with Crippen LogP contribution in [0.4, 0.5) is 0 Å². The molecule has 0 amide bonds. The van der Waals surface area contributed by atoms with Gasteiger partial charge in [-0.05, 0) is 30.2 Å². The fourth-order valence-electron chi connectivity index (χ4n) is 1.76. The van der Waals surface area contributed by atoms with Gasteiger partial charge in [0.15, 0.2) is 0 Å². The molecule has 1 atom stereocenters. The number of carboxylic acid groups (broad SMARTS) is 1. The first-order valence-corrected chi connectivity index (χ1v) is 6.29. The first kappa shape index (κ1) is 14.1. The number of hydrogen-bond donors (Lipinski definition) is 2. The zero-order valence-electron chi connectivity index (χ0n) is 11.2. The highest BCUT2D eigenvalue weighted by Crippen LogP contribution is 2.21. The largest absolute Gasteiger partial charge is 0.489 e. The van der Waals surface area contributed by atoms with Gasteiger partial charge in [-0.1, -0.05) is 42.5 Å². The van der Waals surface area contributed by atoms with E-state index >= 15 is 0 Å². The van der Waals surface area contributed by atoms with Crippen LogP contribution in [0.2, 0.25) is 0 Å². The van der Waals surface area contributed by atoms with Gasteiger partial charge in [-0.2, -0.15) is 0 Å².